The van der Waals surface area contributed by atoms with Crippen molar-refractivity contribution in [2.75, 3.05) is 12.3 Å². The van der Waals surface area contributed by atoms with E-state index in [2.05, 4.69) is 0 Å². The maximum atomic E-state index is 8.57. The van der Waals surface area contributed by atoms with Gasteiger partial charge in [0.25, 0.3) is 0 Å². The first-order valence-corrected chi connectivity index (χ1v) is 4.37. The summed E-state index contributed by atoms with van der Waals surface area (Å²) in [4.78, 5) is 0. The number of anilines is 1. The molecule has 1 aromatic rings. The number of rotatable bonds is 3. The normalized spacial score (nSPS) is 10.9. The van der Waals surface area contributed by atoms with Crippen LogP contribution in [0.1, 0.15) is 17.5 Å². The van der Waals surface area contributed by atoms with Gasteiger partial charge in [-0.2, -0.15) is 0 Å². The van der Waals surface area contributed by atoms with Crippen LogP contribution in [0.25, 0.3) is 6.08 Å². The van der Waals surface area contributed by atoms with Crippen LogP contribution in [0.4, 0.5) is 5.69 Å². The zero-order valence-corrected chi connectivity index (χ0v) is 7.83. The van der Waals surface area contributed by atoms with E-state index in [1.807, 2.05) is 37.3 Å². The molecule has 0 aliphatic heterocycles. The molecule has 0 aliphatic carbocycles. The summed E-state index contributed by atoms with van der Waals surface area (Å²) in [6.07, 6.45) is 4.59. The van der Waals surface area contributed by atoms with Gasteiger partial charge in [-0.25, -0.2) is 0 Å². The number of benzene rings is 1. The van der Waals surface area contributed by atoms with E-state index in [0.29, 0.717) is 6.42 Å². The molecule has 1 aromatic carbocycles. The lowest BCUT2D eigenvalue weighted by molar-refractivity contribution is 0.303. The third-order valence-corrected chi connectivity index (χ3v) is 1.91. The maximum absolute atomic E-state index is 8.57. The fraction of sp³-hybridized carbons (Fsp3) is 0.273. The Kier molecular flexibility index (Phi) is 3.53. The zero-order chi connectivity index (χ0) is 9.68. The monoisotopic (exact) mass is 177 g/mol. The molecule has 0 amide bonds. The van der Waals surface area contributed by atoms with E-state index in [1.165, 1.54) is 0 Å². The van der Waals surface area contributed by atoms with Crippen molar-refractivity contribution >= 4 is 11.8 Å². The van der Waals surface area contributed by atoms with Crippen molar-refractivity contribution in [1.82, 2.24) is 0 Å². The minimum absolute atomic E-state index is 0.192. The average Bonchev–Trinajstić information content (AvgIpc) is 2.12. The minimum atomic E-state index is 0.192. The second-order valence-corrected chi connectivity index (χ2v) is 3.03. The van der Waals surface area contributed by atoms with E-state index in [9.17, 15) is 0 Å². The summed E-state index contributed by atoms with van der Waals surface area (Å²) in [6, 6.07) is 5.94. The number of nitrogens with two attached hydrogens (primary N) is 1. The van der Waals surface area contributed by atoms with Crippen LogP contribution in [0, 0.1) is 6.92 Å². The maximum Gasteiger partial charge on any atom is 0.0465 e. The third-order valence-electron chi connectivity index (χ3n) is 1.91. The minimum Gasteiger partial charge on any atom is -0.398 e. The summed E-state index contributed by atoms with van der Waals surface area (Å²) in [6.45, 7) is 2.17. The van der Waals surface area contributed by atoms with Crippen LogP contribution < -0.4 is 5.73 Å². The van der Waals surface area contributed by atoms with Crippen molar-refractivity contribution in [1.29, 1.82) is 0 Å². The van der Waals surface area contributed by atoms with Crippen LogP contribution in [-0.2, 0) is 0 Å². The van der Waals surface area contributed by atoms with Gasteiger partial charge in [-0.05, 0) is 30.5 Å². The molecule has 0 heterocycles. The van der Waals surface area contributed by atoms with Crippen LogP contribution in [0.3, 0.4) is 0 Å². The highest BCUT2D eigenvalue weighted by atomic mass is 16.2. The molecule has 0 spiro atoms. The van der Waals surface area contributed by atoms with E-state index >= 15 is 0 Å². The highest BCUT2D eigenvalue weighted by Gasteiger charge is 1.92. The molecule has 0 atom stereocenters. The predicted octanol–water partition coefficient (Wildman–Crippen LogP) is 1.97. The molecule has 0 aliphatic rings. The second kappa shape index (κ2) is 4.67. The molecule has 0 aromatic heterocycles. The number of aliphatic hydroxyl groups is 1. The molecule has 0 saturated heterocycles. The molecule has 2 heteroatoms. The average molecular weight is 177 g/mol. The summed E-state index contributed by atoms with van der Waals surface area (Å²) in [5.74, 6) is 0. The lowest BCUT2D eigenvalue weighted by Gasteiger charge is -2.00. The Labute approximate surface area is 78.7 Å². The zero-order valence-electron chi connectivity index (χ0n) is 7.83. The molecule has 70 valence electrons. The van der Waals surface area contributed by atoms with E-state index in [-0.39, 0.29) is 6.61 Å². The van der Waals surface area contributed by atoms with Gasteiger partial charge in [-0.1, -0.05) is 24.3 Å². The number of nitrogen functional groups attached to an aromatic ring is 1. The van der Waals surface area contributed by atoms with E-state index < -0.39 is 0 Å². The lowest BCUT2D eigenvalue weighted by atomic mass is 10.1. The Morgan fingerprint density at radius 2 is 2.23 bits per heavy atom. The van der Waals surface area contributed by atoms with Gasteiger partial charge >= 0.3 is 0 Å². The largest absolute Gasteiger partial charge is 0.398 e. The van der Waals surface area contributed by atoms with Crippen molar-refractivity contribution in [2.24, 2.45) is 0 Å². The van der Waals surface area contributed by atoms with Gasteiger partial charge in [0.05, 0.1) is 0 Å². The Hall–Kier alpha value is -1.28. The van der Waals surface area contributed by atoms with Crippen molar-refractivity contribution < 1.29 is 5.11 Å². The van der Waals surface area contributed by atoms with E-state index in [0.717, 1.165) is 16.8 Å². The fourth-order valence-electron chi connectivity index (χ4n) is 1.06. The first kappa shape index (κ1) is 9.81. The SMILES string of the molecule is Cc1ccc(C=CCCO)cc1N. The van der Waals surface area contributed by atoms with Crippen molar-refractivity contribution in [3.05, 3.63) is 35.4 Å². The molecule has 0 radical (unpaired) electrons. The van der Waals surface area contributed by atoms with Gasteiger partial charge < -0.3 is 10.8 Å². The Morgan fingerprint density at radius 3 is 2.85 bits per heavy atom. The molecule has 13 heavy (non-hydrogen) atoms. The topological polar surface area (TPSA) is 46.2 Å². The first-order valence-electron chi connectivity index (χ1n) is 4.37. The van der Waals surface area contributed by atoms with Crippen LogP contribution in [0.2, 0.25) is 0 Å². The van der Waals surface area contributed by atoms with Gasteiger partial charge in [0.2, 0.25) is 0 Å². The fourth-order valence-corrected chi connectivity index (χ4v) is 1.06. The van der Waals surface area contributed by atoms with Gasteiger partial charge in [-0.15, -0.1) is 0 Å². The molecule has 0 unspecified atom stereocenters. The van der Waals surface area contributed by atoms with Crippen molar-refractivity contribution in [2.45, 2.75) is 13.3 Å². The lowest BCUT2D eigenvalue weighted by Crippen LogP contribution is -1.89. The van der Waals surface area contributed by atoms with Gasteiger partial charge in [0.15, 0.2) is 0 Å². The van der Waals surface area contributed by atoms with Crippen LogP contribution in [0.15, 0.2) is 24.3 Å². The summed E-state index contributed by atoms with van der Waals surface area (Å²) >= 11 is 0. The molecule has 0 bridgehead atoms. The first-order chi connectivity index (χ1) is 6.24. The highest BCUT2D eigenvalue weighted by Crippen LogP contribution is 2.13. The standard InChI is InChI=1S/C11H15NO/c1-9-5-6-10(8-11(9)12)4-2-3-7-13/h2,4-6,8,13H,3,7,12H2,1H3. The molecule has 0 saturated carbocycles. The van der Waals surface area contributed by atoms with Gasteiger partial charge in [0, 0.05) is 12.3 Å². The number of aryl methyl sites for hydroxylation is 1. The highest BCUT2D eigenvalue weighted by molar-refractivity contribution is 5.58. The Bertz CT molecular complexity index is 305. The predicted molar refractivity (Wildman–Crippen MR) is 56.3 cm³/mol. The molecular formula is C11H15NO. The van der Waals surface area contributed by atoms with Gasteiger partial charge in [-0.3, -0.25) is 0 Å². The molecule has 0 fully saturated rings. The molecule has 3 N–H and O–H groups in total. The molecule has 1 rings (SSSR count). The summed E-state index contributed by atoms with van der Waals surface area (Å²) in [5.41, 5.74) is 8.73. The summed E-state index contributed by atoms with van der Waals surface area (Å²) in [5, 5.41) is 8.57. The summed E-state index contributed by atoms with van der Waals surface area (Å²) in [7, 11) is 0. The third kappa shape index (κ3) is 2.92. The Balaban J connectivity index is 2.73. The molecule has 2 nitrogen and oxygen atoms in total. The Morgan fingerprint density at radius 1 is 1.46 bits per heavy atom. The summed E-state index contributed by atoms with van der Waals surface area (Å²) < 4.78 is 0. The number of aliphatic hydroxyl groups excluding tert-OH is 1. The smallest absolute Gasteiger partial charge is 0.0465 e. The van der Waals surface area contributed by atoms with Crippen LogP contribution in [-0.4, -0.2) is 11.7 Å². The van der Waals surface area contributed by atoms with Crippen molar-refractivity contribution in [3.63, 3.8) is 0 Å². The quantitative estimate of drug-likeness (QED) is 0.693. The van der Waals surface area contributed by atoms with E-state index in [4.69, 9.17) is 10.8 Å². The van der Waals surface area contributed by atoms with Crippen LogP contribution in [0.5, 0.6) is 0 Å². The molecular weight excluding hydrogens is 162 g/mol. The van der Waals surface area contributed by atoms with Crippen LogP contribution >= 0.6 is 0 Å². The van der Waals surface area contributed by atoms with Crippen molar-refractivity contribution in [3.8, 4) is 0 Å². The van der Waals surface area contributed by atoms with Gasteiger partial charge in [0.1, 0.15) is 0 Å². The second-order valence-electron chi connectivity index (χ2n) is 3.03. The number of hydrogen-bond acceptors (Lipinski definition) is 2. The number of hydrogen-bond donors (Lipinski definition) is 2. The van der Waals surface area contributed by atoms with E-state index in [1.54, 1.807) is 0 Å².